The maximum atomic E-state index is 12.7. The van der Waals surface area contributed by atoms with E-state index in [-0.39, 0.29) is 11.8 Å². The predicted octanol–water partition coefficient (Wildman–Crippen LogP) is 2.89. The van der Waals surface area contributed by atoms with Crippen LogP contribution in [0.4, 0.5) is 5.13 Å². The van der Waals surface area contributed by atoms with Gasteiger partial charge in [-0.2, -0.15) is 0 Å². The molecule has 4 rings (SSSR count). The maximum absolute atomic E-state index is 12.7. The van der Waals surface area contributed by atoms with Gasteiger partial charge in [-0.3, -0.25) is 14.9 Å². The number of aryl methyl sites for hydroxylation is 2. The normalized spacial score (nSPS) is 14.7. The Morgan fingerprint density at radius 2 is 2.07 bits per heavy atom. The third-order valence-electron chi connectivity index (χ3n) is 5.17. The summed E-state index contributed by atoms with van der Waals surface area (Å²) >= 11 is 1.36. The second-order valence-corrected chi connectivity index (χ2v) is 8.16. The van der Waals surface area contributed by atoms with Gasteiger partial charge in [0.25, 0.3) is 11.8 Å². The second kappa shape index (κ2) is 8.70. The summed E-state index contributed by atoms with van der Waals surface area (Å²) in [6.45, 7) is 4.78. The van der Waals surface area contributed by atoms with Crippen LogP contribution < -0.4 is 5.32 Å². The minimum atomic E-state index is -0.260. The zero-order chi connectivity index (χ0) is 21.1. The van der Waals surface area contributed by atoms with Gasteiger partial charge in [0.15, 0.2) is 11.0 Å². The number of piperidine rings is 1. The van der Waals surface area contributed by atoms with Crippen LogP contribution in [0.1, 0.15) is 51.0 Å². The fourth-order valence-corrected chi connectivity index (χ4v) is 4.17. The quantitative estimate of drug-likeness (QED) is 0.667. The average molecular weight is 427 g/mol. The Balaban J connectivity index is 1.38. The summed E-state index contributed by atoms with van der Waals surface area (Å²) in [7, 11) is 0. The molecule has 1 N–H and O–H groups in total. The molecular formula is C20H22N6O3S. The van der Waals surface area contributed by atoms with Crippen molar-refractivity contribution in [2.24, 2.45) is 5.92 Å². The Morgan fingerprint density at radius 1 is 1.27 bits per heavy atom. The van der Waals surface area contributed by atoms with E-state index >= 15 is 0 Å². The van der Waals surface area contributed by atoms with Crippen molar-refractivity contribution in [1.82, 2.24) is 24.8 Å². The van der Waals surface area contributed by atoms with Gasteiger partial charge in [0, 0.05) is 37.8 Å². The molecule has 9 nitrogen and oxygen atoms in total. The van der Waals surface area contributed by atoms with Gasteiger partial charge in [-0.15, -0.1) is 11.3 Å². The summed E-state index contributed by atoms with van der Waals surface area (Å²) in [6, 6.07) is 0. The van der Waals surface area contributed by atoms with Gasteiger partial charge in [0.2, 0.25) is 5.76 Å². The molecule has 3 aromatic heterocycles. The number of nitrogens with one attached hydrogen (secondary N) is 1. The number of hydrogen-bond donors (Lipinski definition) is 1. The summed E-state index contributed by atoms with van der Waals surface area (Å²) < 4.78 is 5.47. The van der Waals surface area contributed by atoms with Crippen molar-refractivity contribution < 1.29 is 14.0 Å². The molecule has 0 aliphatic carbocycles. The number of thiazole rings is 1. The minimum absolute atomic E-state index is 0.114. The Labute approximate surface area is 177 Å². The number of oxazole rings is 1. The molecule has 30 heavy (non-hydrogen) atoms. The standard InChI is InChI=1S/C20H22N6O3S/c1-12-17(29-13(2)24-12)19(28)26-6-3-14(4-7-26)9-16-15(10-21-11-23-16)18(27)25-20-22-5-8-30-20/h5,8,10-11,14H,3-4,6-7,9H2,1-2H3,(H,22,25,27). The van der Waals surface area contributed by atoms with Crippen molar-refractivity contribution >= 4 is 28.3 Å². The summed E-state index contributed by atoms with van der Waals surface area (Å²) in [5, 5.41) is 5.12. The lowest BCUT2D eigenvalue weighted by Crippen LogP contribution is -2.39. The van der Waals surface area contributed by atoms with Crippen molar-refractivity contribution in [3.63, 3.8) is 0 Å². The minimum Gasteiger partial charge on any atom is -0.436 e. The summed E-state index contributed by atoms with van der Waals surface area (Å²) in [6.07, 6.45) is 6.96. The average Bonchev–Trinajstić information content (AvgIpc) is 3.37. The Morgan fingerprint density at radius 3 is 2.73 bits per heavy atom. The number of carbonyl (C=O) groups excluding carboxylic acids is 2. The van der Waals surface area contributed by atoms with E-state index in [1.165, 1.54) is 17.7 Å². The van der Waals surface area contributed by atoms with Crippen LogP contribution in [0.25, 0.3) is 0 Å². The van der Waals surface area contributed by atoms with Gasteiger partial charge in [-0.05, 0) is 32.1 Å². The van der Waals surface area contributed by atoms with Crippen LogP contribution in [-0.2, 0) is 6.42 Å². The van der Waals surface area contributed by atoms with Gasteiger partial charge in [0.05, 0.1) is 17.0 Å². The van der Waals surface area contributed by atoms with Crippen molar-refractivity contribution in [3.05, 3.63) is 52.7 Å². The zero-order valence-corrected chi connectivity index (χ0v) is 17.6. The molecule has 1 fully saturated rings. The van der Waals surface area contributed by atoms with Gasteiger partial charge < -0.3 is 9.32 Å². The number of anilines is 1. The van der Waals surface area contributed by atoms with Crippen molar-refractivity contribution in [2.75, 3.05) is 18.4 Å². The number of carbonyl (C=O) groups is 2. The first-order valence-corrected chi connectivity index (χ1v) is 10.6. The van der Waals surface area contributed by atoms with Crippen LogP contribution in [0.15, 0.2) is 28.5 Å². The molecule has 0 spiro atoms. The highest BCUT2D eigenvalue weighted by atomic mass is 32.1. The molecule has 4 heterocycles. The molecule has 0 bridgehead atoms. The maximum Gasteiger partial charge on any atom is 0.291 e. The van der Waals surface area contributed by atoms with E-state index in [1.54, 1.807) is 36.5 Å². The second-order valence-electron chi connectivity index (χ2n) is 7.26. The van der Waals surface area contributed by atoms with Crippen LogP contribution in [0.3, 0.4) is 0 Å². The molecule has 0 unspecified atom stereocenters. The molecule has 1 saturated heterocycles. The van der Waals surface area contributed by atoms with Crippen LogP contribution in [0.2, 0.25) is 0 Å². The number of rotatable bonds is 5. The largest absolute Gasteiger partial charge is 0.436 e. The third kappa shape index (κ3) is 4.38. The molecule has 1 aliphatic rings. The first-order valence-electron chi connectivity index (χ1n) is 9.74. The van der Waals surface area contributed by atoms with Crippen molar-refractivity contribution in [1.29, 1.82) is 0 Å². The number of nitrogens with zero attached hydrogens (tertiary/aromatic N) is 5. The van der Waals surface area contributed by atoms with Gasteiger partial charge >= 0.3 is 0 Å². The fourth-order valence-electron chi connectivity index (χ4n) is 3.64. The van der Waals surface area contributed by atoms with E-state index in [0.29, 0.717) is 59.2 Å². The molecule has 1 aliphatic heterocycles. The molecule has 0 aromatic carbocycles. The van der Waals surface area contributed by atoms with E-state index in [4.69, 9.17) is 4.42 Å². The van der Waals surface area contributed by atoms with Crippen molar-refractivity contribution in [3.8, 4) is 0 Å². The topological polar surface area (TPSA) is 114 Å². The molecule has 0 atom stereocenters. The van der Waals surface area contributed by atoms with Crippen LogP contribution >= 0.6 is 11.3 Å². The number of hydrogen-bond acceptors (Lipinski definition) is 8. The SMILES string of the molecule is Cc1nc(C)c(C(=O)N2CCC(Cc3ncncc3C(=O)Nc3nccs3)CC2)o1. The zero-order valence-electron chi connectivity index (χ0n) is 16.8. The highest BCUT2D eigenvalue weighted by Crippen LogP contribution is 2.24. The van der Waals surface area contributed by atoms with Crippen molar-refractivity contribution in [2.45, 2.75) is 33.1 Å². The Kier molecular flexibility index (Phi) is 5.84. The fraction of sp³-hybridized carbons (Fsp3) is 0.400. The Hall–Kier alpha value is -3.14. The first kappa shape index (κ1) is 20.1. The van der Waals surface area contributed by atoms with E-state index < -0.39 is 0 Å². The molecular weight excluding hydrogens is 404 g/mol. The summed E-state index contributed by atoms with van der Waals surface area (Å²) in [5.74, 6) is 0.773. The van der Waals surface area contributed by atoms with Crippen LogP contribution in [0.5, 0.6) is 0 Å². The number of aromatic nitrogens is 4. The lowest BCUT2D eigenvalue weighted by Gasteiger charge is -2.31. The molecule has 3 aromatic rings. The lowest BCUT2D eigenvalue weighted by atomic mass is 9.90. The molecule has 10 heteroatoms. The molecule has 156 valence electrons. The van der Waals surface area contributed by atoms with Gasteiger partial charge in [-0.25, -0.2) is 19.9 Å². The number of amides is 2. The summed E-state index contributed by atoms with van der Waals surface area (Å²) in [5.41, 5.74) is 1.79. The van der Waals surface area contributed by atoms with Crippen LogP contribution in [0, 0.1) is 19.8 Å². The van der Waals surface area contributed by atoms with Gasteiger partial charge in [-0.1, -0.05) is 0 Å². The predicted molar refractivity (Wildman–Crippen MR) is 110 cm³/mol. The monoisotopic (exact) mass is 426 g/mol. The Bertz CT molecular complexity index is 1040. The smallest absolute Gasteiger partial charge is 0.291 e. The van der Waals surface area contributed by atoms with E-state index in [1.807, 2.05) is 0 Å². The van der Waals surface area contributed by atoms with E-state index in [0.717, 1.165) is 12.8 Å². The molecule has 2 amide bonds. The summed E-state index contributed by atoms with van der Waals surface area (Å²) in [4.78, 5) is 43.7. The molecule has 0 saturated carbocycles. The van der Waals surface area contributed by atoms with Crippen LogP contribution in [-0.4, -0.2) is 49.7 Å². The first-order chi connectivity index (χ1) is 14.5. The molecule has 0 radical (unpaired) electrons. The lowest BCUT2D eigenvalue weighted by molar-refractivity contribution is 0.0655. The highest BCUT2D eigenvalue weighted by molar-refractivity contribution is 7.13. The third-order valence-corrected chi connectivity index (χ3v) is 5.86. The van der Waals surface area contributed by atoms with E-state index in [9.17, 15) is 9.59 Å². The highest BCUT2D eigenvalue weighted by Gasteiger charge is 2.28. The number of likely N-dealkylation sites (tertiary alicyclic amines) is 1. The van der Waals surface area contributed by atoms with Gasteiger partial charge in [0.1, 0.15) is 6.33 Å². The van der Waals surface area contributed by atoms with E-state index in [2.05, 4.69) is 25.3 Å².